The second-order valence-electron chi connectivity index (χ2n) is 8.39. The number of aliphatic hydroxyl groups excluding tert-OH is 2. The van der Waals surface area contributed by atoms with E-state index in [0.717, 1.165) is 25.9 Å². The number of β-amino-alcohol motifs (C(OH)–C–C–N with tert-alkyl or cyclic N) is 1. The summed E-state index contributed by atoms with van der Waals surface area (Å²) in [5.74, 6) is -0.862. The molecule has 0 radical (unpaired) electrons. The average Bonchev–Trinajstić information content (AvgIpc) is 2.96. The number of nitrogens with zero attached hydrogens (tertiary/aromatic N) is 3. The third kappa shape index (κ3) is 6.51. The summed E-state index contributed by atoms with van der Waals surface area (Å²) in [5.41, 5.74) is 0.242. The zero-order valence-electron chi connectivity index (χ0n) is 18.1. The average molecular weight is 468 g/mol. The van der Waals surface area contributed by atoms with Crippen molar-refractivity contribution in [3.05, 3.63) is 40.7 Å². The number of carbonyl (C=O) groups excluding carboxylic acids is 2. The van der Waals surface area contributed by atoms with E-state index in [0.29, 0.717) is 32.7 Å². The first-order chi connectivity index (χ1) is 15.4. The van der Waals surface area contributed by atoms with E-state index in [1.165, 1.54) is 18.2 Å². The van der Waals surface area contributed by atoms with Crippen LogP contribution >= 0.6 is 11.6 Å². The van der Waals surface area contributed by atoms with E-state index in [1.807, 2.05) is 0 Å². The van der Waals surface area contributed by atoms with Crippen molar-refractivity contribution in [2.45, 2.75) is 25.4 Å². The van der Waals surface area contributed by atoms with Crippen LogP contribution in [0.4, 0.5) is 4.39 Å². The molecule has 1 aromatic rings. The van der Waals surface area contributed by atoms with Gasteiger partial charge in [-0.05, 0) is 38.1 Å². The highest BCUT2D eigenvalue weighted by Gasteiger charge is 2.27. The molecule has 0 saturated carbocycles. The minimum Gasteiger partial charge on any atom is -0.396 e. The van der Waals surface area contributed by atoms with E-state index in [2.05, 4.69) is 4.90 Å². The lowest BCUT2D eigenvalue weighted by Gasteiger charge is -2.35. The van der Waals surface area contributed by atoms with Crippen LogP contribution in [0.15, 0.2) is 24.3 Å². The molecular weight excluding hydrogens is 437 g/mol. The summed E-state index contributed by atoms with van der Waals surface area (Å²) in [5, 5.41) is 19.3. The van der Waals surface area contributed by atoms with Gasteiger partial charge >= 0.3 is 0 Å². The Hall–Kier alpha value is -2.00. The summed E-state index contributed by atoms with van der Waals surface area (Å²) < 4.78 is 14.0. The molecule has 0 bridgehead atoms. The molecule has 2 N–H and O–H groups in total. The molecule has 0 spiro atoms. The molecule has 2 amide bonds. The lowest BCUT2D eigenvalue weighted by atomic mass is 9.95. The van der Waals surface area contributed by atoms with E-state index >= 15 is 0 Å². The van der Waals surface area contributed by atoms with Gasteiger partial charge in [0.1, 0.15) is 5.82 Å². The van der Waals surface area contributed by atoms with Crippen LogP contribution in [-0.4, -0.2) is 95.3 Å². The molecule has 2 heterocycles. The van der Waals surface area contributed by atoms with Crippen LogP contribution in [0.5, 0.6) is 0 Å². The Balaban J connectivity index is 1.46. The number of piperidine rings is 1. The van der Waals surface area contributed by atoms with E-state index in [4.69, 9.17) is 11.6 Å². The van der Waals surface area contributed by atoms with Crippen LogP contribution in [0.3, 0.4) is 0 Å². The fourth-order valence-corrected chi connectivity index (χ4v) is 4.37. The van der Waals surface area contributed by atoms with Crippen molar-refractivity contribution in [1.29, 1.82) is 0 Å². The maximum Gasteiger partial charge on any atom is 0.246 e. The molecule has 9 heteroatoms. The van der Waals surface area contributed by atoms with Gasteiger partial charge in [0.2, 0.25) is 11.8 Å². The van der Waals surface area contributed by atoms with Gasteiger partial charge in [-0.1, -0.05) is 23.7 Å². The van der Waals surface area contributed by atoms with Gasteiger partial charge in [-0.3, -0.25) is 9.59 Å². The van der Waals surface area contributed by atoms with Crippen molar-refractivity contribution in [3.63, 3.8) is 0 Å². The van der Waals surface area contributed by atoms with Crippen LogP contribution in [0.1, 0.15) is 24.8 Å². The number of hydrogen-bond donors (Lipinski definition) is 2. The van der Waals surface area contributed by atoms with Crippen LogP contribution in [-0.2, 0) is 9.59 Å². The standard InChI is InChI=1S/C23H31ClFN3O4/c24-19-4-1-3-17(23(19)25)5-6-21(31)28-12-8-22(32)27(13-14-28)10-2-9-26-11-7-18(16-29)20(30)15-26/h1,3-6,18,20,29-30H,2,7-16H2/t18-,20+/m1/s1. The molecule has 2 aliphatic rings. The lowest BCUT2D eigenvalue weighted by Crippen LogP contribution is -2.46. The number of amides is 2. The monoisotopic (exact) mass is 467 g/mol. The van der Waals surface area contributed by atoms with E-state index in [-0.39, 0.29) is 41.3 Å². The first-order valence-corrected chi connectivity index (χ1v) is 11.5. The fourth-order valence-electron chi connectivity index (χ4n) is 4.19. The van der Waals surface area contributed by atoms with Crippen molar-refractivity contribution >= 4 is 29.5 Å². The van der Waals surface area contributed by atoms with Gasteiger partial charge < -0.3 is 24.9 Å². The predicted molar refractivity (Wildman–Crippen MR) is 120 cm³/mol. The molecule has 2 saturated heterocycles. The molecule has 2 atom stereocenters. The van der Waals surface area contributed by atoms with E-state index in [1.54, 1.807) is 21.9 Å². The summed E-state index contributed by atoms with van der Waals surface area (Å²) in [7, 11) is 0. The summed E-state index contributed by atoms with van der Waals surface area (Å²) >= 11 is 5.77. The van der Waals surface area contributed by atoms with Gasteiger partial charge in [-0.2, -0.15) is 0 Å². The van der Waals surface area contributed by atoms with Crippen LogP contribution < -0.4 is 0 Å². The first-order valence-electron chi connectivity index (χ1n) is 11.1. The fraction of sp³-hybridized carbons (Fsp3) is 0.565. The molecule has 7 nitrogen and oxygen atoms in total. The molecule has 0 unspecified atom stereocenters. The molecular formula is C23H31ClFN3O4. The zero-order chi connectivity index (χ0) is 23.1. The third-order valence-electron chi connectivity index (χ3n) is 6.23. The Morgan fingerprint density at radius 1 is 1.22 bits per heavy atom. The van der Waals surface area contributed by atoms with Gasteiger partial charge in [0.25, 0.3) is 0 Å². The highest BCUT2D eigenvalue weighted by Crippen LogP contribution is 2.19. The molecule has 2 fully saturated rings. The second kappa shape index (κ2) is 11.7. The summed E-state index contributed by atoms with van der Waals surface area (Å²) in [4.78, 5) is 30.6. The highest BCUT2D eigenvalue weighted by atomic mass is 35.5. The summed E-state index contributed by atoms with van der Waals surface area (Å²) in [6, 6.07) is 4.61. The predicted octanol–water partition coefficient (Wildman–Crippen LogP) is 1.62. The molecule has 32 heavy (non-hydrogen) atoms. The molecule has 0 aromatic heterocycles. The van der Waals surface area contributed by atoms with Crippen molar-refractivity contribution in [2.75, 3.05) is 52.4 Å². The van der Waals surface area contributed by atoms with Gasteiger partial charge in [0.15, 0.2) is 0 Å². The number of aliphatic hydroxyl groups is 2. The van der Waals surface area contributed by atoms with Crippen molar-refractivity contribution in [2.24, 2.45) is 5.92 Å². The molecule has 0 aliphatic carbocycles. The summed E-state index contributed by atoms with van der Waals surface area (Å²) in [6.45, 7) is 3.97. The zero-order valence-corrected chi connectivity index (χ0v) is 18.9. The Labute approximate surface area is 193 Å². The van der Waals surface area contributed by atoms with Crippen molar-refractivity contribution < 1.29 is 24.2 Å². The van der Waals surface area contributed by atoms with Crippen molar-refractivity contribution in [1.82, 2.24) is 14.7 Å². The minimum absolute atomic E-state index is 0.00267. The van der Waals surface area contributed by atoms with Crippen LogP contribution in [0, 0.1) is 11.7 Å². The smallest absolute Gasteiger partial charge is 0.246 e. The largest absolute Gasteiger partial charge is 0.396 e. The minimum atomic E-state index is -0.566. The number of rotatable bonds is 7. The molecule has 2 aliphatic heterocycles. The van der Waals surface area contributed by atoms with Crippen LogP contribution in [0.25, 0.3) is 6.08 Å². The normalized spacial score (nSPS) is 23.1. The Morgan fingerprint density at radius 3 is 2.78 bits per heavy atom. The van der Waals surface area contributed by atoms with E-state index < -0.39 is 11.9 Å². The molecule has 176 valence electrons. The Bertz CT molecular complexity index is 837. The maximum absolute atomic E-state index is 14.0. The third-order valence-corrected chi connectivity index (χ3v) is 6.52. The number of hydrogen-bond acceptors (Lipinski definition) is 5. The maximum atomic E-state index is 14.0. The van der Waals surface area contributed by atoms with E-state index in [9.17, 15) is 24.2 Å². The molecule has 3 rings (SSSR count). The quantitative estimate of drug-likeness (QED) is 0.595. The number of carbonyl (C=O) groups is 2. The van der Waals surface area contributed by atoms with Gasteiger partial charge in [-0.25, -0.2) is 4.39 Å². The topological polar surface area (TPSA) is 84.3 Å². The van der Waals surface area contributed by atoms with Gasteiger partial charge in [0, 0.05) is 63.3 Å². The Morgan fingerprint density at radius 2 is 2.03 bits per heavy atom. The molecule has 1 aromatic carbocycles. The summed E-state index contributed by atoms with van der Waals surface area (Å²) in [6.07, 6.45) is 4.01. The number of benzene rings is 1. The lowest BCUT2D eigenvalue weighted by molar-refractivity contribution is -0.130. The van der Waals surface area contributed by atoms with Gasteiger partial charge in [-0.15, -0.1) is 0 Å². The van der Waals surface area contributed by atoms with Crippen molar-refractivity contribution in [3.8, 4) is 0 Å². The first kappa shape index (κ1) is 24.6. The number of halogens is 2. The van der Waals surface area contributed by atoms with Crippen LogP contribution in [0.2, 0.25) is 5.02 Å². The second-order valence-corrected chi connectivity index (χ2v) is 8.79. The number of likely N-dealkylation sites (tertiary alicyclic amines) is 1. The highest BCUT2D eigenvalue weighted by molar-refractivity contribution is 6.30. The van der Waals surface area contributed by atoms with Gasteiger partial charge in [0.05, 0.1) is 11.1 Å². The Kier molecular flexibility index (Phi) is 9.04. The SMILES string of the molecule is O=C(C=Cc1cccc(Cl)c1F)N1CCC(=O)N(CCCN2CC[C@H](CO)[C@@H](O)C2)CC1.